The zero-order valence-electron chi connectivity index (χ0n) is 11.3. The quantitative estimate of drug-likeness (QED) is 0.786. The van der Waals surface area contributed by atoms with E-state index in [0.717, 1.165) is 31.4 Å². The summed E-state index contributed by atoms with van der Waals surface area (Å²) in [5, 5.41) is 0. The van der Waals surface area contributed by atoms with Crippen LogP contribution >= 0.6 is 0 Å². The van der Waals surface area contributed by atoms with Crippen LogP contribution in [0, 0.1) is 5.92 Å². The molecule has 0 heterocycles. The van der Waals surface area contributed by atoms with Crippen LogP contribution in [0.5, 0.6) is 5.75 Å². The van der Waals surface area contributed by atoms with Crippen LogP contribution in [-0.4, -0.2) is 12.4 Å². The molecule has 18 heavy (non-hydrogen) atoms. The Labute approximate surface area is 109 Å². The molecule has 0 bridgehead atoms. The minimum atomic E-state index is 0.250. The Bertz CT molecular complexity index is 392. The first-order valence-electron chi connectivity index (χ1n) is 6.92. The Morgan fingerprint density at radius 3 is 2.56 bits per heavy atom. The number of hydrogen-bond donors (Lipinski definition) is 0. The van der Waals surface area contributed by atoms with E-state index >= 15 is 0 Å². The summed E-state index contributed by atoms with van der Waals surface area (Å²) in [6.07, 6.45) is 3.75. The highest BCUT2D eigenvalue weighted by molar-refractivity contribution is 5.82. The van der Waals surface area contributed by atoms with Crippen molar-refractivity contribution < 1.29 is 9.53 Å². The van der Waals surface area contributed by atoms with E-state index in [1.165, 1.54) is 5.56 Å². The summed E-state index contributed by atoms with van der Waals surface area (Å²) in [4.78, 5) is 11.5. The van der Waals surface area contributed by atoms with Gasteiger partial charge in [0.05, 0.1) is 6.61 Å². The van der Waals surface area contributed by atoms with Crippen LogP contribution < -0.4 is 4.74 Å². The number of carbonyl (C=O) groups is 1. The van der Waals surface area contributed by atoms with Crippen molar-refractivity contribution >= 4 is 5.78 Å². The van der Waals surface area contributed by atoms with Crippen LogP contribution in [0.15, 0.2) is 24.3 Å². The Hall–Kier alpha value is -1.31. The number of ether oxygens (including phenoxy) is 1. The summed E-state index contributed by atoms with van der Waals surface area (Å²) in [6, 6.07) is 8.26. The maximum Gasteiger partial charge on any atom is 0.136 e. The molecule has 2 rings (SSSR count). The Balaban J connectivity index is 1.78. The molecule has 2 nitrogen and oxygen atoms in total. The fourth-order valence-corrected chi connectivity index (χ4v) is 2.46. The molecule has 1 aromatic rings. The molecule has 0 aliphatic heterocycles. The van der Waals surface area contributed by atoms with E-state index in [2.05, 4.69) is 26.0 Å². The van der Waals surface area contributed by atoms with Crippen molar-refractivity contribution in [1.82, 2.24) is 0 Å². The van der Waals surface area contributed by atoms with E-state index in [0.29, 0.717) is 18.3 Å². The van der Waals surface area contributed by atoms with Gasteiger partial charge in [0, 0.05) is 12.3 Å². The summed E-state index contributed by atoms with van der Waals surface area (Å²) in [5.41, 5.74) is 1.33. The number of Topliss-reactive ketones (excluding diaryl/α,β-unsaturated/α-hetero) is 1. The minimum Gasteiger partial charge on any atom is -0.494 e. The average Bonchev–Trinajstić information content (AvgIpc) is 2.76. The summed E-state index contributed by atoms with van der Waals surface area (Å²) in [5.74, 6) is 2.13. The third kappa shape index (κ3) is 3.34. The molecule has 0 spiro atoms. The molecule has 2 heteroatoms. The molecule has 1 aliphatic carbocycles. The predicted molar refractivity (Wildman–Crippen MR) is 73.0 cm³/mol. The second-order valence-electron chi connectivity index (χ2n) is 5.42. The van der Waals surface area contributed by atoms with Crippen LogP contribution in [0.2, 0.25) is 0 Å². The van der Waals surface area contributed by atoms with Crippen molar-refractivity contribution in [3.63, 3.8) is 0 Å². The van der Waals surface area contributed by atoms with E-state index in [4.69, 9.17) is 4.74 Å². The Kier molecular flexibility index (Phi) is 4.40. The zero-order chi connectivity index (χ0) is 13.0. The lowest BCUT2D eigenvalue weighted by Gasteiger charge is -2.11. The molecule has 1 aliphatic rings. The smallest absolute Gasteiger partial charge is 0.136 e. The van der Waals surface area contributed by atoms with Gasteiger partial charge in [-0.25, -0.2) is 0 Å². The minimum absolute atomic E-state index is 0.250. The molecule has 1 atom stereocenters. The lowest BCUT2D eigenvalue weighted by molar-refractivity contribution is -0.121. The first-order valence-corrected chi connectivity index (χ1v) is 6.92. The summed E-state index contributed by atoms with van der Waals surface area (Å²) < 4.78 is 5.70. The fraction of sp³-hybridized carbons (Fsp3) is 0.562. The van der Waals surface area contributed by atoms with Crippen LogP contribution in [0.4, 0.5) is 0 Å². The molecule has 0 amide bonds. The summed E-state index contributed by atoms with van der Waals surface area (Å²) >= 11 is 0. The van der Waals surface area contributed by atoms with Crippen LogP contribution in [0.1, 0.15) is 51.0 Å². The van der Waals surface area contributed by atoms with Gasteiger partial charge >= 0.3 is 0 Å². The molecule has 0 radical (unpaired) electrons. The van der Waals surface area contributed by atoms with Crippen LogP contribution in [0.25, 0.3) is 0 Å². The van der Waals surface area contributed by atoms with E-state index in [1.54, 1.807) is 0 Å². The highest BCUT2D eigenvalue weighted by atomic mass is 16.5. The van der Waals surface area contributed by atoms with E-state index in [-0.39, 0.29) is 5.92 Å². The van der Waals surface area contributed by atoms with Crippen molar-refractivity contribution in [1.29, 1.82) is 0 Å². The lowest BCUT2D eigenvalue weighted by Crippen LogP contribution is -2.11. The van der Waals surface area contributed by atoms with Crippen molar-refractivity contribution in [2.75, 3.05) is 6.61 Å². The first kappa shape index (κ1) is 13.1. The van der Waals surface area contributed by atoms with Gasteiger partial charge < -0.3 is 4.74 Å². The topological polar surface area (TPSA) is 26.3 Å². The van der Waals surface area contributed by atoms with Gasteiger partial charge in [0.1, 0.15) is 11.5 Å². The normalized spacial score (nSPS) is 19.5. The van der Waals surface area contributed by atoms with Gasteiger partial charge in [-0.15, -0.1) is 0 Å². The summed E-state index contributed by atoms with van der Waals surface area (Å²) in [6.45, 7) is 5.01. The second-order valence-corrected chi connectivity index (χ2v) is 5.42. The molecule has 98 valence electrons. The average molecular weight is 246 g/mol. The molecular weight excluding hydrogens is 224 g/mol. The van der Waals surface area contributed by atoms with Gasteiger partial charge in [0.2, 0.25) is 0 Å². The molecule has 1 fully saturated rings. The first-order chi connectivity index (χ1) is 8.66. The fourth-order valence-electron chi connectivity index (χ4n) is 2.46. The molecular formula is C16H22O2. The van der Waals surface area contributed by atoms with Gasteiger partial charge in [0.15, 0.2) is 0 Å². The number of hydrogen-bond acceptors (Lipinski definition) is 2. The standard InChI is InChI=1S/C16H22O2/c1-12(2)13-6-8-15(9-7-13)18-11-10-14-4-3-5-16(14)17/h6-9,12,14H,3-5,10-11H2,1-2H3. The largest absolute Gasteiger partial charge is 0.494 e. The number of benzene rings is 1. The number of ketones is 1. The molecule has 1 unspecified atom stereocenters. The zero-order valence-corrected chi connectivity index (χ0v) is 11.3. The highest BCUT2D eigenvalue weighted by Gasteiger charge is 2.23. The van der Waals surface area contributed by atoms with Gasteiger partial charge in [-0.05, 0) is 42.9 Å². The highest BCUT2D eigenvalue weighted by Crippen LogP contribution is 2.25. The molecule has 0 saturated heterocycles. The van der Waals surface area contributed by atoms with Gasteiger partial charge in [-0.2, -0.15) is 0 Å². The number of carbonyl (C=O) groups excluding carboxylic acids is 1. The molecule has 1 saturated carbocycles. The third-order valence-electron chi connectivity index (χ3n) is 3.71. The lowest BCUT2D eigenvalue weighted by atomic mass is 10.0. The van der Waals surface area contributed by atoms with Crippen molar-refractivity contribution in [2.45, 2.75) is 45.4 Å². The SMILES string of the molecule is CC(C)c1ccc(OCCC2CCCC2=O)cc1. The van der Waals surface area contributed by atoms with Gasteiger partial charge in [-0.1, -0.05) is 26.0 Å². The van der Waals surface area contributed by atoms with Crippen LogP contribution in [-0.2, 0) is 4.79 Å². The van der Waals surface area contributed by atoms with Crippen molar-refractivity contribution in [3.8, 4) is 5.75 Å². The third-order valence-corrected chi connectivity index (χ3v) is 3.71. The Morgan fingerprint density at radius 2 is 2.00 bits per heavy atom. The summed E-state index contributed by atoms with van der Waals surface area (Å²) in [7, 11) is 0. The van der Waals surface area contributed by atoms with Crippen LogP contribution in [0.3, 0.4) is 0 Å². The van der Waals surface area contributed by atoms with E-state index in [9.17, 15) is 4.79 Å². The molecule has 0 aromatic heterocycles. The van der Waals surface area contributed by atoms with Crippen molar-refractivity contribution in [2.24, 2.45) is 5.92 Å². The monoisotopic (exact) mass is 246 g/mol. The Morgan fingerprint density at radius 1 is 1.28 bits per heavy atom. The van der Waals surface area contributed by atoms with Crippen molar-refractivity contribution in [3.05, 3.63) is 29.8 Å². The van der Waals surface area contributed by atoms with E-state index in [1.807, 2.05) is 12.1 Å². The second kappa shape index (κ2) is 6.03. The maximum atomic E-state index is 11.5. The van der Waals surface area contributed by atoms with Gasteiger partial charge in [0.25, 0.3) is 0 Å². The van der Waals surface area contributed by atoms with Gasteiger partial charge in [-0.3, -0.25) is 4.79 Å². The maximum absolute atomic E-state index is 11.5. The molecule has 1 aromatic carbocycles. The number of rotatable bonds is 5. The van der Waals surface area contributed by atoms with E-state index < -0.39 is 0 Å². The molecule has 0 N–H and O–H groups in total. The predicted octanol–water partition coefficient (Wildman–Crippen LogP) is 3.95.